The van der Waals surface area contributed by atoms with Gasteiger partial charge in [0.1, 0.15) is 6.54 Å². The zero-order chi connectivity index (χ0) is 14.8. The number of nitrogens with zero attached hydrogens (tertiary/aromatic N) is 1. The minimum atomic E-state index is -0.462. The maximum Gasteiger partial charge on any atom is 0.326 e. The molecule has 1 heterocycles. The molecule has 0 N–H and O–H groups in total. The fraction of sp³-hybridized carbons (Fsp3) is 0.688. The Morgan fingerprint density at radius 2 is 1.67 bits per heavy atom. The van der Waals surface area contributed by atoms with Gasteiger partial charge in [0.2, 0.25) is 11.8 Å². The largest absolute Gasteiger partial charge is 0.464 e. The van der Waals surface area contributed by atoms with Crippen molar-refractivity contribution in [3.63, 3.8) is 0 Å². The van der Waals surface area contributed by atoms with E-state index in [2.05, 4.69) is 12.2 Å². The van der Waals surface area contributed by atoms with E-state index in [0.29, 0.717) is 24.4 Å². The van der Waals surface area contributed by atoms with Gasteiger partial charge in [0.25, 0.3) is 0 Å². The van der Waals surface area contributed by atoms with E-state index in [0.717, 1.165) is 17.7 Å². The molecule has 5 heteroatoms. The third-order valence-corrected chi connectivity index (χ3v) is 4.89. The third-order valence-electron chi connectivity index (χ3n) is 4.89. The number of carbonyl (C=O) groups excluding carboxylic acids is 3. The number of amides is 2. The normalized spacial score (nSPS) is 33.1. The minimum absolute atomic E-state index is 0.214. The lowest BCUT2D eigenvalue weighted by molar-refractivity contribution is -0.152. The predicted molar refractivity (Wildman–Crippen MR) is 75.0 cm³/mol. The van der Waals surface area contributed by atoms with Crippen molar-refractivity contribution in [2.75, 3.05) is 13.2 Å². The molecule has 0 aromatic carbocycles. The van der Waals surface area contributed by atoms with Gasteiger partial charge in [0.15, 0.2) is 0 Å². The van der Waals surface area contributed by atoms with Crippen molar-refractivity contribution in [1.82, 2.24) is 4.90 Å². The van der Waals surface area contributed by atoms with Gasteiger partial charge in [0.05, 0.1) is 6.61 Å². The summed E-state index contributed by atoms with van der Waals surface area (Å²) in [6.07, 6.45) is 9.48. The van der Waals surface area contributed by atoms with Gasteiger partial charge in [-0.15, -0.1) is 0 Å². The lowest BCUT2D eigenvalue weighted by Crippen LogP contribution is -2.35. The Bertz CT molecular complexity index is 453. The third kappa shape index (κ3) is 3.17. The average Bonchev–Trinajstić information content (AvgIpc) is 2.98. The lowest BCUT2D eigenvalue weighted by atomic mass is 10.1. The number of likely N-dealkylation sites (tertiary alicyclic amines) is 1. The van der Waals surface area contributed by atoms with E-state index in [4.69, 9.17) is 4.74 Å². The zero-order valence-electron chi connectivity index (χ0n) is 12.1. The molecule has 114 valence electrons. The lowest BCUT2D eigenvalue weighted by Gasteiger charge is -2.12. The van der Waals surface area contributed by atoms with Crippen molar-refractivity contribution >= 4 is 17.8 Å². The molecule has 1 aliphatic heterocycles. The van der Waals surface area contributed by atoms with Crippen molar-refractivity contribution in [2.24, 2.45) is 17.8 Å². The van der Waals surface area contributed by atoms with Crippen LogP contribution in [0.15, 0.2) is 12.2 Å². The summed E-state index contributed by atoms with van der Waals surface area (Å²) >= 11 is 0. The molecule has 0 bridgehead atoms. The van der Waals surface area contributed by atoms with Crippen molar-refractivity contribution < 1.29 is 19.1 Å². The summed E-state index contributed by atoms with van der Waals surface area (Å²) in [5.74, 6) is 0.831. The topological polar surface area (TPSA) is 63.7 Å². The van der Waals surface area contributed by atoms with Gasteiger partial charge < -0.3 is 4.74 Å². The fourth-order valence-corrected chi connectivity index (χ4v) is 3.60. The van der Waals surface area contributed by atoms with Gasteiger partial charge in [0, 0.05) is 12.8 Å². The van der Waals surface area contributed by atoms with E-state index in [1.807, 2.05) is 0 Å². The van der Waals surface area contributed by atoms with Crippen LogP contribution in [0.2, 0.25) is 0 Å². The highest BCUT2D eigenvalue weighted by Gasteiger charge is 2.49. The number of rotatable bonds is 4. The smallest absolute Gasteiger partial charge is 0.326 e. The molecule has 1 saturated heterocycles. The van der Waals surface area contributed by atoms with E-state index >= 15 is 0 Å². The molecular formula is C16H21NO4. The molecule has 1 saturated carbocycles. The van der Waals surface area contributed by atoms with Crippen LogP contribution >= 0.6 is 0 Å². The maximum absolute atomic E-state index is 11.8. The Balaban J connectivity index is 1.42. The van der Waals surface area contributed by atoms with Gasteiger partial charge in [-0.2, -0.15) is 0 Å². The maximum atomic E-state index is 11.8. The standard InChI is InChI=1S/C16H21NO4/c18-14-7-8-15(19)17(14)9-16(20)21-10-13-11-5-3-1-2-4-6-12(11)13/h1-2,11-13H,3-10H2/b2-1-/t11-,12+,13?. The Morgan fingerprint density at radius 1 is 1.10 bits per heavy atom. The highest BCUT2D eigenvalue weighted by molar-refractivity contribution is 6.04. The molecule has 3 rings (SSSR count). The van der Waals surface area contributed by atoms with Crippen molar-refractivity contribution in [3.8, 4) is 0 Å². The summed E-state index contributed by atoms with van der Waals surface area (Å²) in [5, 5.41) is 0. The molecule has 2 fully saturated rings. The first-order valence-electron chi connectivity index (χ1n) is 7.80. The van der Waals surface area contributed by atoms with E-state index < -0.39 is 5.97 Å². The minimum Gasteiger partial charge on any atom is -0.464 e. The van der Waals surface area contributed by atoms with Gasteiger partial charge in [-0.25, -0.2) is 0 Å². The van der Waals surface area contributed by atoms with Crippen LogP contribution in [0.3, 0.4) is 0 Å². The number of hydrogen-bond donors (Lipinski definition) is 0. The first-order chi connectivity index (χ1) is 10.2. The highest BCUT2D eigenvalue weighted by atomic mass is 16.5. The summed E-state index contributed by atoms with van der Waals surface area (Å²) in [7, 11) is 0. The van der Waals surface area contributed by atoms with Crippen LogP contribution in [-0.4, -0.2) is 35.8 Å². The van der Waals surface area contributed by atoms with Gasteiger partial charge in [-0.3, -0.25) is 19.3 Å². The van der Waals surface area contributed by atoms with Crippen LogP contribution in [0.4, 0.5) is 0 Å². The number of allylic oxidation sites excluding steroid dienone is 2. The first kappa shape index (κ1) is 14.3. The van der Waals surface area contributed by atoms with Crippen molar-refractivity contribution in [3.05, 3.63) is 12.2 Å². The highest BCUT2D eigenvalue weighted by Crippen LogP contribution is 2.52. The summed E-state index contributed by atoms with van der Waals surface area (Å²) < 4.78 is 5.29. The molecular weight excluding hydrogens is 270 g/mol. The Labute approximate surface area is 124 Å². The second-order valence-corrected chi connectivity index (χ2v) is 6.17. The molecule has 21 heavy (non-hydrogen) atoms. The molecule has 5 nitrogen and oxygen atoms in total. The SMILES string of the molecule is O=C(CN1C(=O)CCC1=O)OCC1[C@H]2CC/C=C\CC[C@@H]12. The molecule has 0 spiro atoms. The molecule has 0 aromatic rings. The second kappa shape index (κ2) is 6.00. The molecule has 2 aliphatic carbocycles. The van der Waals surface area contributed by atoms with Gasteiger partial charge >= 0.3 is 5.97 Å². The number of carbonyl (C=O) groups is 3. The molecule has 3 aliphatic rings. The molecule has 1 unspecified atom stereocenters. The average molecular weight is 291 g/mol. The number of esters is 1. The summed E-state index contributed by atoms with van der Waals surface area (Å²) in [6.45, 7) is 0.214. The molecule has 2 amide bonds. The first-order valence-corrected chi connectivity index (χ1v) is 7.80. The number of ether oxygens (including phenoxy) is 1. The van der Waals surface area contributed by atoms with Crippen LogP contribution in [0.25, 0.3) is 0 Å². The Hall–Kier alpha value is -1.65. The summed E-state index contributed by atoms with van der Waals surface area (Å²) in [4.78, 5) is 35.7. The Morgan fingerprint density at radius 3 is 2.24 bits per heavy atom. The number of imide groups is 1. The number of hydrogen-bond acceptors (Lipinski definition) is 4. The van der Waals surface area contributed by atoms with Crippen LogP contribution in [0.1, 0.15) is 38.5 Å². The van der Waals surface area contributed by atoms with Crippen LogP contribution in [0.5, 0.6) is 0 Å². The number of fused-ring (bicyclic) bond motifs is 1. The predicted octanol–water partition coefficient (Wildman–Crippen LogP) is 1.67. The fourth-order valence-electron chi connectivity index (χ4n) is 3.60. The van der Waals surface area contributed by atoms with Crippen LogP contribution < -0.4 is 0 Å². The van der Waals surface area contributed by atoms with E-state index in [-0.39, 0.29) is 31.2 Å². The monoisotopic (exact) mass is 291 g/mol. The quantitative estimate of drug-likeness (QED) is 0.449. The van der Waals surface area contributed by atoms with E-state index in [9.17, 15) is 14.4 Å². The van der Waals surface area contributed by atoms with E-state index in [1.165, 1.54) is 12.8 Å². The van der Waals surface area contributed by atoms with E-state index in [1.54, 1.807) is 0 Å². The van der Waals surface area contributed by atoms with Crippen LogP contribution in [-0.2, 0) is 19.1 Å². The van der Waals surface area contributed by atoms with Crippen molar-refractivity contribution in [2.45, 2.75) is 38.5 Å². The van der Waals surface area contributed by atoms with Crippen LogP contribution in [0, 0.1) is 17.8 Å². The summed E-state index contributed by atoms with van der Waals surface area (Å²) in [6, 6.07) is 0. The summed E-state index contributed by atoms with van der Waals surface area (Å²) in [5.41, 5.74) is 0. The van der Waals surface area contributed by atoms with Gasteiger partial charge in [-0.1, -0.05) is 12.2 Å². The molecule has 0 radical (unpaired) electrons. The zero-order valence-corrected chi connectivity index (χ0v) is 12.1. The second-order valence-electron chi connectivity index (χ2n) is 6.17. The Kier molecular flexibility index (Phi) is 4.08. The molecule has 3 atom stereocenters. The molecule has 0 aromatic heterocycles. The van der Waals surface area contributed by atoms with Gasteiger partial charge in [-0.05, 0) is 43.4 Å². The van der Waals surface area contributed by atoms with Crippen molar-refractivity contribution in [1.29, 1.82) is 0 Å².